The number of nitro groups is 1. The van der Waals surface area contributed by atoms with E-state index in [1.807, 2.05) is 19.9 Å². The zero-order chi connectivity index (χ0) is 14.4. The summed E-state index contributed by atoms with van der Waals surface area (Å²) in [5.41, 5.74) is 0.683. The van der Waals surface area contributed by atoms with Crippen LogP contribution in [-0.4, -0.2) is 17.1 Å². The molecule has 1 aromatic rings. The number of benzene rings is 1. The molecule has 19 heavy (non-hydrogen) atoms. The zero-order valence-electron chi connectivity index (χ0n) is 11.2. The van der Waals surface area contributed by atoms with Crippen molar-refractivity contribution in [1.29, 1.82) is 5.26 Å². The highest BCUT2D eigenvalue weighted by Crippen LogP contribution is 2.25. The molecule has 1 atom stereocenters. The fraction of sp³-hybridized carbons (Fsp3) is 0.462. The van der Waals surface area contributed by atoms with Crippen LogP contribution in [0.2, 0.25) is 0 Å². The first-order valence-corrected chi connectivity index (χ1v) is 6.01. The molecule has 0 radical (unpaired) electrons. The van der Waals surface area contributed by atoms with Gasteiger partial charge in [-0.2, -0.15) is 5.26 Å². The van der Waals surface area contributed by atoms with E-state index < -0.39 is 11.0 Å². The van der Waals surface area contributed by atoms with Crippen LogP contribution in [0.4, 0.5) is 5.69 Å². The van der Waals surface area contributed by atoms with Crippen LogP contribution in [0, 0.1) is 21.4 Å². The fourth-order valence-corrected chi connectivity index (χ4v) is 1.46. The van der Waals surface area contributed by atoms with Gasteiger partial charge in [0.25, 0.3) is 5.69 Å². The predicted molar refractivity (Wildman–Crippen MR) is 70.8 cm³/mol. The van der Waals surface area contributed by atoms with Crippen LogP contribution in [0.5, 0.6) is 5.75 Å². The van der Waals surface area contributed by atoms with E-state index in [0.29, 0.717) is 17.9 Å². The minimum Gasteiger partial charge on any atom is -0.476 e. The molecule has 6 nitrogen and oxygen atoms in total. The number of nitrogens with one attached hydrogen (secondary N) is 1. The molecule has 0 saturated heterocycles. The zero-order valence-corrected chi connectivity index (χ0v) is 11.2. The Morgan fingerprint density at radius 3 is 2.68 bits per heavy atom. The average molecular weight is 263 g/mol. The lowest BCUT2D eigenvalue weighted by atomic mass is 10.1. The second kappa shape index (κ2) is 6.71. The molecule has 0 fully saturated rings. The topological polar surface area (TPSA) is 88.2 Å². The van der Waals surface area contributed by atoms with E-state index in [2.05, 4.69) is 5.32 Å². The molecule has 0 aliphatic heterocycles. The van der Waals surface area contributed by atoms with Gasteiger partial charge in [0, 0.05) is 30.3 Å². The first kappa shape index (κ1) is 14.9. The third-order valence-electron chi connectivity index (χ3n) is 2.44. The highest BCUT2D eigenvalue weighted by atomic mass is 16.6. The molecule has 1 N–H and O–H groups in total. The summed E-state index contributed by atoms with van der Waals surface area (Å²) in [6.45, 7) is 6.04. The number of nitro benzene ring substituents is 1. The molecule has 0 heterocycles. The summed E-state index contributed by atoms with van der Waals surface area (Å²) in [5.74, 6) is 0.493. The number of non-ortho nitro benzene ring substituents is 1. The monoisotopic (exact) mass is 263 g/mol. The lowest BCUT2D eigenvalue weighted by molar-refractivity contribution is -0.384. The van der Waals surface area contributed by atoms with Gasteiger partial charge in [0.05, 0.1) is 4.92 Å². The largest absolute Gasteiger partial charge is 0.476 e. The Kier molecular flexibility index (Phi) is 5.27. The summed E-state index contributed by atoms with van der Waals surface area (Å²) in [5, 5.41) is 22.7. The van der Waals surface area contributed by atoms with Gasteiger partial charge in [-0.25, -0.2) is 0 Å². The molecule has 1 unspecified atom stereocenters. The second-order valence-electron chi connectivity index (χ2n) is 4.47. The van der Waals surface area contributed by atoms with Crippen molar-refractivity contribution in [2.24, 2.45) is 0 Å². The predicted octanol–water partition coefficient (Wildman–Crippen LogP) is 2.38. The van der Waals surface area contributed by atoms with Gasteiger partial charge < -0.3 is 10.1 Å². The Morgan fingerprint density at radius 2 is 2.16 bits per heavy atom. The third-order valence-corrected chi connectivity index (χ3v) is 2.44. The van der Waals surface area contributed by atoms with Gasteiger partial charge in [0.2, 0.25) is 0 Å². The van der Waals surface area contributed by atoms with Gasteiger partial charge in [-0.05, 0) is 13.0 Å². The Labute approximate surface area is 112 Å². The summed E-state index contributed by atoms with van der Waals surface area (Å²) in [6, 6.07) is 6.59. The maximum atomic E-state index is 10.8. The highest BCUT2D eigenvalue weighted by Gasteiger charge is 2.13. The van der Waals surface area contributed by atoms with Gasteiger partial charge >= 0.3 is 0 Å². The first-order valence-electron chi connectivity index (χ1n) is 6.01. The smallest absolute Gasteiger partial charge is 0.270 e. The maximum Gasteiger partial charge on any atom is 0.270 e. The van der Waals surface area contributed by atoms with Gasteiger partial charge in [-0.3, -0.25) is 10.1 Å². The number of nitriles is 1. The van der Waals surface area contributed by atoms with Crippen LogP contribution in [0.15, 0.2) is 18.2 Å². The van der Waals surface area contributed by atoms with Crippen LogP contribution in [0.1, 0.15) is 26.3 Å². The number of ether oxygens (including phenoxy) is 1. The molecular weight excluding hydrogens is 246 g/mol. The summed E-state index contributed by atoms with van der Waals surface area (Å²) >= 11 is 0. The van der Waals surface area contributed by atoms with Crippen molar-refractivity contribution in [3.05, 3.63) is 33.9 Å². The molecule has 6 heteroatoms. The van der Waals surface area contributed by atoms with Crippen molar-refractivity contribution >= 4 is 5.69 Å². The molecule has 0 saturated carbocycles. The Morgan fingerprint density at radius 1 is 1.47 bits per heavy atom. The number of nitrogens with zero attached hydrogens (tertiary/aromatic N) is 2. The van der Waals surface area contributed by atoms with Crippen molar-refractivity contribution in [3.63, 3.8) is 0 Å². The molecule has 0 aromatic heterocycles. The number of hydrogen-bond acceptors (Lipinski definition) is 5. The van der Waals surface area contributed by atoms with Crippen molar-refractivity contribution in [2.45, 2.75) is 39.5 Å². The molecule has 1 aromatic carbocycles. The van der Waals surface area contributed by atoms with E-state index in [-0.39, 0.29) is 11.7 Å². The molecular formula is C13H17N3O3. The van der Waals surface area contributed by atoms with Crippen molar-refractivity contribution in [3.8, 4) is 11.8 Å². The lowest BCUT2D eigenvalue weighted by Crippen LogP contribution is -2.22. The Balaban J connectivity index is 3.00. The standard InChI is InChI=1S/C13H17N3O3/c1-9(2)15-8-11-6-12(16(17)18)4-5-13(11)19-10(3)7-14/h4-6,9-10,15H,8H2,1-3H3. The van der Waals surface area contributed by atoms with Crippen LogP contribution in [0.25, 0.3) is 0 Å². The van der Waals surface area contributed by atoms with E-state index in [0.717, 1.165) is 0 Å². The fourth-order valence-electron chi connectivity index (χ4n) is 1.46. The Hall–Kier alpha value is -2.13. The average Bonchev–Trinajstić information content (AvgIpc) is 2.36. The minimum absolute atomic E-state index is 0.0116. The summed E-state index contributed by atoms with van der Waals surface area (Å²) in [7, 11) is 0. The van der Waals surface area contributed by atoms with Crippen molar-refractivity contribution < 1.29 is 9.66 Å². The highest BCUT2D eigenvalue weighted by molar-refractivity contribution is 5.44. The van der Waals surface area contributed by atoms with Gasteiger partial charge in [-0.15, -0.1) is 0 Å². The van der Waals surface area contributed by atoms with Crippen molar-refractivity contribution in [1.82, 2.24) is 5.32 Å². The van der Waals surface area contributed by atoms with Crippen molar-refractivity contribution in [2.75, 3.05) is 0 Å². The van der Waals surface area contributed by atoms with E-state index in [1.165, 1.54) is 18.2 Å². The molecule has 0 amide bonds. The molecule has 102 valence electrons. The van der Waals surface area contributed by atoms with Crippen LogP contribution >= 0.6 is 0 Å². The summed E-state index contributed by atoms with van der Waals surface area (Å²) in [4.78, 5) is 10.3. The van der Waals surface area contributed by atoms with Gasteiger partial charge in [0.1, 0.15) is 11.8 Å². The van der Waals surface area contributed by atoms with Crippen LogP contribution in [0.3, 0.4) is 0 Å². The molecule has 0 aliphatic rings. The maximum absolute atomic E-state index is 10.8. The summed E-state index contributed by atoms with van der Waals surface area (Å²) in [6.07, 6.45) is -0.598. The van der Waals surface area contributed by atoms with Gasteiger partial charge in [-0.1, -0.05) is 13.8 Å². The van der Waals surface area contributed by atoms with Crippen LogP contribution < -0.4 is 10.1 Å². The summed E-state index contributed by atoms with van der Waals surface area (Å²) < 4.78 is 5.44. The first-order chi connectivity index (χ1) is 8.93. The number of hydrogen-bond donors (Lipinski definition) is 1. The minimum atomic E-state index is -0.598. The van der Waals surface area contributed by atoms with Crippen LogP contribution in [-0.2, 0) is 6.54 Å². The quantitative estimate of drug-likeness (QED) is 0.628. The normalized spacial score (nSPS) is 11.9. The molecule has 0 bridgehead atoms. The SMILES string of the molecule is CC(C)NCc1cc([N+](=O)[O-])ccc1OC(C)C#N. The number of rotatable bonds is 6. The van der Waals surface area contributed by atoms with Gasteiger partial charge in [0.15, 0.2) is 6.10 Å². The lowest BCUT2D eigenvalue weighted by Gasteiger charge is -2.14. The van der Waals surface area contributed by atoms with E-state index in [1.54, 1.807) is 6.92 Å². The van der Waals surface area contributed by atoms with E-state index in [9.17, 15) is 10.1 Å². The molecule has 1 rings (SSSR count). The third kappa shape index (κ3) is 4.56. The van der Waals surface area contributed by atoms with E-state index >= 15 is 0 Å². The Bertz CT molecular complexity index is 494. The second-order valence-corrected chi connectivity index (χ2v) is 4.47. The van der Waals surface area contributed by atoms with E-state index in [4.69, 9.17) is 10.00 Å². The molecule has 0 aliphatic carbocycles. The molecule has 0 spiro atoms.